The van der Waals surface area contributed by atoms with Crippen LogP contribution < -0.4 is 10.6 Å². The van der Waals surface area contributed by atoms with E-state index in [0.29, 0.717) is 12.4 Å². The molecule has 0 aliphatic rings. The normalized spacial score (nSPS) is 11.2. The van der Waals surface area contributed by atoms with Crippen molar-refractivity contribution in [1.29, 1.82) is 0 Å². The van der Waals surface area contributed by atoms with Crippen LogP contribution in [0, 0.1) is 10.1 Å². The highest BCUT2D eigenvalue weighted by Gasteiger charge is 2.31. The van der Waals surface area contributed by atoms with Gasteiger partial charge in [0.15, 0.2) is 0 Å². The Kier molecular flexibility index (Phi) is 5.62. The lowest BCUT2D eigenvalue weighted by atomic mass is 10.0. The molecule has 0 spiro atoms. The van der Waals surface area contributed by atoms with Gasteiger partial charge in [-0.3, -0.25) is 10.1 Å². The van der Waals surface area contributed by atoms with Gasteiger partial charge in [-0.1, -0.05) is 0 Å². The maximum atomic E-state index is 11.0. The Bertz CT molecular complexity index is 456. The third-order valence-corrected chi connectivity index (χ3v) is 2.72. The summed E-state index contributed by atoms with van der Waals surface area (Å²) in [5.74, 6) is 0.272. The molecule has 0 aromatic carbocycles. The minimum absolute atomic E-state index is 0.134. The van der Waals surface area contributed by atoms with Gasteiger partial charge in [0, 0.05) is 12.6 Å². The molecule has 1 aromatic rings. The minimum atomic E-state index is -1.48. The van der Waals surface area contributed by atoms with E-state index in [4.69, 9.17) is 0 Å². The van der Waals surface area contributed by atoms with E-state index in [2.05, 4.69) is 15.6 Å². The molecule has 0 radical (unpaired) electrons. The van der Waals surface area contributed by atoms with E-state index in [9.17, 15) is 25.4 Å². The number of anilines is 2. The average Bonchev–Trinajstić information content (AvgIpc) is 2.45. The number of aromatic nitrogens is 1. The number of hydrogen-bond donors (Lipinski definition) is 5. The third kappa shape index (κ3) is 3.53. The quantitative estimate of drug-likeness (QED) is 0.319. The molecule has 0 atom stereocenters. The van der Waals surface area contributed by atoms with Gasteiger partial charge in [-0.2, -0.15) is 0 Å². The highest BCUT2D eigenvalue weighted by atomic mass is 16.6. The smallest absolute Gasteiger partial charge is 0.311 e. The molecule has 1 heterocycles. The fraction of sp³-hybridized carbons (Fsp3) is 0.545. The molecule has 0 unspecified atom stereocenters. The molecule has 9 heteroatoms. The second-order valence-electron chi connectivity index (χ2n) is 4.23. The van der Waals surface area contributed by atoms with Crippen molar-refractivity contribution in [3.63, 3.8) is 0 Å². The van der Waals surface area contributed by atoms with Crippen molar-refractivity contribution in [2.45, 2.75) is 12.5 Å². The second kappa shape index (κ2) is 6.98. The number of rotatable bonds is 8. The maximum absolute atomic E-state index is 11.0. The van der Waals surface area contributed by atoms with E-state index in [-0.39, 0.29) is 11.5 Å². The Hall–Kier alpha value is -1.97. The van der Waals surface area contributed by atoms with Crippen LogP contribution in [0.5, 0.6) is 0 Å². The Morgan fingerprint density at radius 1 is 1.30 bits per heavy atom. The number of nitrogens with one attached hydrogen (secondary N) is 2. The van der Waals surface area contributed by atoms with Gasteiger partial charge >= 0.3 is 5.69 Å². The molecule has 0 aliphatic carbocycles. The molecule has 5 N–H and O–H groups in total. The zero-order chi connectivity index (χ0) is 15.2. The van der Waals surface area contributed by atoms with Crippen LogP contribution >= 0.6 is 0 Å². The average molecular weight is 286 g/mol. The van der Waals surface area contributed by atoms with E-state index >= 15 is 0 Å². The van der Waals surface area contributed by atoms with Crippen LogP contribution in [-0.2, 0) is 0 Å². The molecule has 20 heavy (non-hydrogen) atoms. The van der Waals surface area contributed by atoms with Crippen LogP contribution in [0.3, 0.4) is 0 Å². The van der Waals surface area contributed by atoms with E-state index in [0.717, 1.165) is 0 Å². The first-order valence-corrected chi connectivity index (χ1v) is 6.02. The first-order chi connectivity index (χ1) is 9.51. The summed E-state index contributed by atoms with van der Waals surface area (Å²) in [4.78, 5) is 14.3. The number of aliphatic hydroxyl groups is 3. The molecule has 0 fully saturated rings. The second-order valence-corrected chi connectivity index (χ2v) is 4.23. The molecule has 0 amide bonds. The van der Waals surface area contributed by atoms with Gasteiger partial charge in [0.25, 0.3) is 0 Å². The molecular weight excluding hydrogens is 268 g/mol. The van der Waals surface area contributed by atoms with Crippen LogP contribution in [0.4, 0.5) is 17.3 Å². The van der Waals surface area contributed by atoms with E-state index in [1.807, 2.05) is 6.92 Å². The van der Waals surface area contributed by atoms with E-state index < -0.39 is 30.3 Å². The third-order valence-electron chi connectivity index (χ3n) is 2.72. The summed E-state index contributed by atoms with van der Waals surface area (Å²) < 4.78 is 0. The molecule has 0 saturated heterocycles. The topological polar surface area (TPSA) is 141 Å². The van der Waals surface area contributed by atoms with Crippen LogP contribution in [0.15, 0.2) is 12.1 Å². The Balaban J connectivity index is 3.18. The Morgan fingerprint density at radius 3 is 2.35 bits per heavy atom. The Morgan fingerprint density at radius 2 is 1.90 bits per heavy atom. The van der Waals surface area contributed by atoms with Gasteiger partial charge in [-0.05, 0) is 13.0 Å². The first kappa shape index (κ1) is 16.1. The summed E-state index contributed by atoms with van der Waals surface area (Å²) in [6.45, 7) is 0.601. The molecule has 0 saturated carbocycles. The number of aliphatic hydroxyl groups excluding tert-OH is 3. The van der Waals surface area contributed by atoms with Crippen molar-refractivity contribution in [3.8, 4) is 0 Å². The number of nitrogens with zero attached hydrogens (tertiary/aromatic N) is 2. The number of pyridine rings is 1. The van der Waals surface area contributed by atoms with Crippen molar-refractivity contribution in [2.24, 2.45) is 0 Å². The summed E-state index contributed by atoms with van der Waals surface area (Å²) in [6.07, 6.45) is 0. The predicted molar refractivity (Wildman–Crippen MR) is 72.7 cm³/mol. The molecule has 1 rings (SSSR count). The number of hydrogen-bond acceptors (Lipinski definition) is 8. The summed E-state index contributed by atoms with van der Waals surface area (Å²) >= 11 is 0. The van der Waals surface area contributed by atoms with Gasteiger partial charge in [-0.25, -0.2) is 4.98 Å². The maximum Gasteiger partial charge on any atom is 0.311 e. The SMILES string of the molecule is CCNc1ccc([N+](=O)[O-])c(NC(CO)(CO)CO)n1. The molecule has 9 nitrogen and oxygen atoms in total. The van der Waals surface area contributed by atoms with Crippen molar-refractivity contribution in [2.75, 3.05) is 37.0 Å². The highest BCUT2D eigenvalue weighted by molar-refractivity contribution is 5.61. The number of nitro groups is 1. The molecule has 1 aromatic heterocycles. The van der Waals surface area contributed by atoms with Gasteiger partial charge in [0.1, 0.15) is 11.4 Å². The summed E-state index contributed by atoms with van der Waals surface area (Å²) in [6, 6.07) is 2.70. The molecule has 0 aliphatic heterocycles. The zero-order valence-corrected chi connectivity index (χ0v) is 11.0. The van der Waals surface area contributed by atoms with E-state index in [1.54, 1.807) is 0 Å². The fourth-order valence-electron chi connectivity index (χ4n) is 1.49. The van der Waals surface area contributed by atoms with Crippen molar-refractivity contribution < 1.29 is 20.2 Å². The van der Waals surface area contributed by atoms with Crippen molar-refractivity contribution >= 4 is 17.3 Å². The summed E-state index contributed by atoms with van der Waals surface area (Å²) in [5, 5.41) is 44.1. The fourth-order valence-corrected chi connectivity index (χ4v) is 1.49. The van der Waals surface area contributed by atoms with Gasteiger partial charge in [0.05, 0.1) is 24.7 Å². The monoisotopic (exact) mass is 286 g/mol. The van der Waals surface area contributed by atoms with Gasteiger partial charge in [0.2, 0.25) is 5.82 Å². The van der Waals surface area contributed by atoms with E-state index in [1.165, 1.54) is 12.1 Å². The predicted octanol–water partition coefficient (Wildman–Crippen LogP) is -0.451. The molecule has 112 valence electrons. The molecular formula is C11H18N4O5. The van der Waals surface area contributed by atoms with Crippen LogP contribution in [-0.4, -0.2) is 57.1 Å². The lowest BCUT2D eigenvalue weighted by molar-refractivity contribution is -0.384. The summed E-state index contributed by atoms with van der Waals surface area (Å²) in [5.41, 5.74) is -1.80. The Labute approximate surface area is 115 Å². The van der Waals surface area contributed by atoms with Crippen LogP contribution in [0.25, 0.3) is 0 Å². The minimum Gasteiger partial charge on any atom is -0.394 e. The molecule has 0 bridgehead atoms. The zero-order valence-electron chi connectivity index (χ0n) is 11.0. The summed E-state index contributed by atoms with van der Waals surface area (Å²) in [7, 11) is 0. The van der Waals surface area contributed by atoms with Gasteiger partial charge < -0.3 is 26.0 Å². The lowest BCUT2D eigenvalue weighted by Gasteiger charge is -2.29. The van der Waals surface area contributed by atoms with Crippen molar-refractivity contribution in [3.05, 3.63) is 22.2 Å². The van der Waals surface area contributed by atoms with Crippen LogP contribution in [0.1, 0.15) is 6.92 Å². The van der Waals surface area contributed by atoms with Crippen LogP contribution in [0.2, 0.25) is 0 Å². The standard InChI is InChI=1S/C11H18N4O5/c1-2-12-9-4-3-8(15(19)20)10(13-9)14-11(5-16,6-17)7-18/h3-4,16-18H,2,5-7H2,1H3,(H2,12,13,14). The first-order valence-electron chi connectivity index (χ1n) is 6.02. The highest BCUT2D eigenvalue weighted by Crippen LogP contribution is 2.26. The van der Waals surface area contributed by atoms with Crippen molar-refractivity contribution in [1.82, 2.24) is 4.98 Å². The largest absolute Gasteiger partial charge is 0.394 e. The van der Waals surface area contributed by atoms with Gasteiger partial charge in [-0.15, -0.1) is 0 Å². The lowest BCUT2D eigenvalue weighted by Crippen LogP contribution is -2.49.